The summed E-state index contributed by atoms with van der Waals surface area (Å²) in [7, 11) is 0. The first-order chi connectivity index (χ1) is 12.1. The zero-order chi connectivity index (χ0) is 17.8. The van der Waals surface area contributed by atoms with Crippen molar-refractivity contribution in [3.63, 3.8) is 0 Å². The fraction of sp³-hybridized carbons (Fsp3) is 0.353. The summed E-state index contributed by atoms with van der Waals surface area (Å²) < 4.78 is 4.98. The van der Waals surface area contributed by atoms with E-state index in [1.165, 1.54) is 0 Å². The van der Waals surface area contributed by atoms with Crippen LogP contribution >= 0.6 is 11.6 Å². The van der Waals surface area contributed by atoms with Gasteiger partial charge in [-0.25, -0.2) is 4.79 Å². The molecule has 0 unspecified atom stereocenters. The average Bonchev–Trinajstić information content (AvgIpc) is 3.11. The van der Waals surface area contributed by atoms with Gasteiger partial charge in [-0.2, -0.15) is 5.10 Å². The molecular weight excluding hydrogens is 344 g/mol. The number of hydrogen-bond acceptors (Lipinski definition) is 4. The molecule has 2 amide bonds. The molecule has 132 valence electrons. The number of halogens is 1. The molecule has 1 saturated heterocycles. The first-order valence-corrected chi connectivity index (χ1v) is 8.49. The molecule has 7 nitrogen and oxygen atoms in total. The molecule has 2 aromatic rings. The van der Waals surface area contributed by atoms with E-state index < -0.39 is 0 Å². The Morgan fingerprint density at radius 3 is 2.56 bits per heavy atom. The van der Waals surface area contributed by atoms with Crippen molar-refractivity contribution >= 4 is 23.6 Å². The Hall–Kier alpha value is -2.54. The molecule has 1 aromatic heterocycles. The summed E-state index contributed by atoms with van der Waals surface area (Å²) in [6, 6.07) is 9.04. The van der Waals surface area contributed by atoms with Gasteiger partial charge in [0.05, 0.1) is 17.3 Å². The lowest BCUT2D eigenvalue weighted by atomic mass is 10.1. The van der Waals surface area contributed by atoms with Crippen LogP contribution in [0.1, 0.15) is 17.4 Å². The van der Waals surface area contributed by atoms with Gasteiger partial charge in [-0.3, -0.25) is 9.89 Å². The Bertz CT molecular complexity index is 769. The highest BCUT2D eigenvalue weighted by atomic mass is 35.5. The van der Waals surface area contributed by atoms with Crippen molar-refractivity contribution in [2.24, 2.45) is 0 Å². The van der Waals surface area contributed by atoms with Gasteiger partial charge in [0.15, 0.2) is 0 Å². The largest absolute Gasteiger partial charge is 0.450 e. The molecule has 1 fully saturated rings. The van der Waals surface area contributed by atoms with Crippen LogP contribution in [-0.2, 0) is 4.74 Å². The van der Waals surface area contributed by atoms with Gasteiger partial charge < -0.3 is 14.5 Å². The highest BCUT2D eigenvalue weighted by Gasteiger charge is 2.26. The van der Waals surface area contributed by atoms with E-state index in [1.54, 1.807) is 28.9 Å². The summed E-state index contributed by atoms with van der Waals surface area (Å²) in [5.41, 5.74) is 1.80. The fourth-order valence-electron chi connectivity index (χ4n) is 2.72. The molecule has 0 radical (unpaired) electrons. The molecule has 1 aromatic carbocycles. The number of nitrogens with one attached hydrogen (secondary N) is 1. The van der Waals surface area contributed by atoms with E-state index in [4.69, 9.17) is 16.3 Å². The lowest BCUT2D eigenvalue weighted by molar-refractivity contribution is 0.0566. The van der Waals surface area contributed by atoms with Crippen LogP contribution in [-0.4, -0.2) is 64.8 Å². The quantitative estimate of drug-likeness (QED) is 0.910. The van der Waals surface area contributed by atoms with Crippen LogP contribution in [0.5, 0.6) is 0 Å². The van der Waals surface area contributed by atoms with Gasteiger partial charge in [0.25, 0.3) is 5.91 Å². The van der Waals surface area contributed by atoms with Crippen LogP contribution in [0.15, 0.2) is 30.3 Å². The predicted octanol–water partition coefficient (Wildman–Crippen LogP) is 2.64. The molecule has 2 heterocycles. The standard InChI is InChI=1S/C17H19ClN4O3/c1-2-25-17(24)22-9-7-21(8-10-22)16(23)15-11-14(19-20-15)12-5-3-4-6-13(12)18/h3-6,11H,2,7-10H2,1H3,(H,19,20). The number of nitrogens with zero attached hydrogens (tertiary/aromatic N) is 3. The lowest BCUT2D eigenvalue weighted by Gasteiger charge is -2.33. The molecule has 0 spiro atoms. The van der Waals surface area contributed by atoms with E-state index in [9.17, 15) is 9.59 Å². The topological polar surface area (TPSA) is 78.5 Å². The second-order valence-corrected chi connectivity index (χ2v) is 6.03. The molecule has 1 aliphatic rings. The third-order valence-corrected chi connectivity index (χ3v) is 4.38. The molecule has 1 aliphatic heterocycles. The summed E-state index contributed by atoms with van der Waals surface area (Å²) in [5.74, 6) is -0.144. The predicted molar refractivity (Wildman–Crippen MR) is 93.5 cm³/mol. The van der Waals surface area contributed by atoms with Crippen LogP contribution in [0.3, 0.4) is 0 Å². The first kappa shape index (κ1) is 17.3. The number of ether oxygens (including phenoxy) is 1. The molecule has 25 heavy (non-hydrogen) atoms. The van der Waals surface area contributed by atoms with E-state index in [1.807, 2.05) is 18.2 Å². The van der Waals surface area contributed by atoms with Crippen molar-refractivity contribution in [3.8, 4) is 11.3 Å². The molecule has 3 rings (SSSR count). The van der Waals surface area contributed by atoms with Gasteiger partial charge >= 0.3 is 6.09 Å². The van der Waals surface area contributed by atoms with E-state index in [0.29, 0.717) is 49.2 Å². The van der Waals surface area contributed by atoms with Gasteiger partial charge in [0.2, 0.25) is 0 Å². The molecule has 1 N–H and O–H groups in total. The lowest BCUT2D eigenvalue weighted by Crippen LogP contribution is -2.50. The van der Waals surface area contributed by atoms with E-state index in [0.717, 1.165) is 5.56 Å². The maximum Gasteiger partial charge on any atom is 0.409 e. The Kier molecular flexibility index (Phi) is 5.23. The molecule has 0 aliphatic carbocycles. The maximum absolute atomic E-state index is 12.6. The number of piperazine rings is 1. The summed E-state index contributed by atoms with van der Waals surface area (Å²) in [5, 5.41) is 7.55. The SMILES string of the molecule is CCOC(=O)N1CCN(C(=O)c2cc(-c3ccccc3Cl)n[nH]2)CC1. The molecule has 0 saturated carbocycles. The first-order valence-electron chi connectivity index (χ1n) is 8.11. The normalized spacial score (nSPS) is 14.5. The number of aromatic amines is 1. The number of H-pyrrole nitrogens is 1. The minimum absolute atomic E-state index is 0.144. The van der Waals surface area contributed by atoms with Gasteiger partial charge in [-0.05, 0) is 19.1 Å². The molecule has 0 bridgehead atoms. The fourth-order valence-corrected chi connectivity index (χ4v) is 2.95. The highest BCUT2D eigenvalue weighted by Crippen LogP contribution is 2.26. The van der Waals surface area contributed by atoms with Crippen LogP contribution < -0.4 is 0 Å². The Morgan fingerprint density at radius 1 is 1.20 bits per heavy atom. The van der Waals surface area contributed by atoms with Gasteiger partial charge in [-0.15, -0.1) is 0 Å². The monoisotopic (exact) mass is 362 g/mol. The molecule has 8 heteroatoms. The third-order valence-electron chi connectivity index (χ3n) is 4.05. The van der Waals surface area contributed by atoms with Crippen molar-refractivity contribution in [1.82, 2.24) is 20.0 Å². The van der Waals surface area contributed by atoms with Crippen molar-refractivity contribution < 1.29 is 14.3 Å². The van der Waals surface area contributed by atoms with Crippen molar-refractivity contribution in [2.45, 2.75) is 6.92 Å². The second-order valence-electron chi connectivity index (χ2n) is 5.62. The molecular formula is C17H19ClN4O3. The molecule has 0 atom stereocenters. The smallest absolute Gasteiger partial charge is 0.409 e. The summed E-state index contributed by atoms with van der Waals surface area (Å²) in [6.45, 7) is 3.94. The van der Waals surface area contributed by atoms with Gasteiger partial charge in [-0.1, -0.05) is 29.8 Å². The van der Waals surface area contributed by atoms with Crippen molar-refractivity contribution in [1.29, 1.82) is 0 Å². The Balaban J connectivity index is 1.65. The minimum atomic E-state index is -0.336. The van der Waals surface area contributed by atoms with Crippen molar-refractivity contribution in [2.75, 3.05) is 32.8 Å². The number of aromatic nitrogens is 2. The summed E-state index contributed by atoms with van der Waals surface area (Å²) in [4.78, 5) is 27.6. The van der Waals surface area contributed by atoms with E-state index >= 15 is 0 Å². The zero-order valence-corrected chi connectivity index (χ0v) is 14.6. The Labute approximate surface area is 150 Å². The van der Waals surface area contributed by atoms with Crippen molar-refractivity contribution in [3.05, 3.63) is 41.0 Å². The van der Waals surface area contributed by atoms with Gasteiger partial charge in [0, 0.05) is 31.7 Å². The number of carbonyl (C=O) groups is 2. The Morgan fingerprint density at radius 2 is 1.88 bits per heavy atom. The number of benzene rings is 1. The number of hydrogen-bond donors (Lipinski definition) is 1. The number of amides is 2. The van der Waals surface area contributed by atoms with E-state index in [-0.39, 0.29) is 12.0 Å². The third kappa shape index (κ3) is 3.76. The number of carbonyl (C=O) groups excluding carboxylic acids is 2. The van der Waals surface area contributed by atoms with Crippen LogP contribution in [0.25, 0.3) is 11.3 Å². The van der Waals surface area contributed by atoms with Crippen LogP contribution in [0.2, 0.25) is 5.02 Å². The average molecular weight is 363 g/mol. The second kappa shape index (κ2) is 7.57. The van der Waals surface area contributed by atoms with E-state index in [2.05, 4.69) is 10.2 Å². The summed E-state index contributed by atoms with van der Waals surface area (Å²) in [6.07, 6.45) is -0.336. The number of rotatable bonds is 3. The maximum atomic E-state index is 12.6. The summed E-state index contributed by atoms with van der Waals surface area (Å²) >= 11 is 6.17. The van der Waals surface area contributed by atoms with Crippen LogP contribution in [0, 0.1) is 0 Å². The highest BCUT2D eigenvalue weighted by molar-refractivity contribution is 6.33. The minimum Gasteiger partial charge on any atom is -0.450 e. The van der Waals surface area contributed by atoms with Gasteiger partial charge in [0.1, 0.15) is 5.69 Å². The van der Waals surface area contributed by atoms with Crippen LogP contribution in [0.4, 0.5) is 4.79 Å². The zero-order valence-electron chi connectivity index (χ0n) is 13.9.